The predicted molar refractivity (Wildman–Crippen MR) is 62.5 cm³/mol. The highest BCUT2D eigenvalue weighted by molar-refractivity contribution is 6.30. The summed E-state index contributed by atoms with van der Waals surface area (Å²) in [7, 11) is 0. The van der Waals surface area contributed by atoms with Crippen LogP contribution in [0.2, 0.25) is 5.02 Å². The van der Waals surface area contributed by atoms with Gasteiger partial charge in [-0.15, -0.1) is 0 Å². The minimum Gasteiger partial charge on any atom is -0.484 e. The third-order valence-electron chi connectivity index (χ3n) is 2.15. The van der Waals surface area contributed by atoms with E-state index in [2.05, 4.69) is 9.97 Å². The maximum atomic E-state index is 5.79. The number of benzene rings is 1. The van der Waals surface area contributed by atoms with Crippen LogP contribution in [0.4, 0.5) is 0 Å². The molecule has 0 aliphatic carbocycles. The molecule has 0 amide bonds. The summed E-state index contributed by atoms with van der Waals surface area (Å²) in [5.41, 5.74) is 0.852. The maximum Gasteiger partial charge on any atom is 0.138 e. The number of ether oxygens (including phenoxy) is 1. The van der Waals surface area contributed by atoms with Crippen LogP contribution in [0.5, 0.6) is 5.75 Å². The van der Waals surface area contributed by atoms with Gasteiger partial charge in [0.1, 0.15) is 18.2 Å². The van der Waals surface area contributed by atoms with Crippen molar-refractivity contribution in [3.05, 3.63) is 53.6 Å². The van der Waals surface area contributed by atoms with E-state index in [9.17, 15) is 0 Å². The van der Waals surface area contributed by atoms with E-state index in [1.807, 2.05) is 25.1 Å². The molecule has 1 heterocycles. The zero-order valence-corrected chi connectivity index (χ0v) is 9.56. The van der Waals surface area contributed by atoms with Crippen molar-refractivity contribution in [1.82, 2.24) is 9.97 Å². The summed E-state index contributed by atoms with van der Waals surface area (Å²) in [4.78, 5) is 7.99. The van der Waals surface area contributed by atoms with Crippen LogP contribution >= 0.6 is 11.6 Å². The van der Waals surface area contributed by atoms with Gasteiger partial charge >= 0.3 is 0 Å². The van der Waals surface area contributed by atoms with Crippen molar-refractivity contribution < 1.29 is 4.74 Å². The smallest absolute Gasteiger partial charge is 0.138 e. The SMILES string of the molecule is CC(Oc1ccc(Cl)cc1)c1ccncn1. The number of nitrogens with zero attached hydrogens (tertiary/aromatic N) is 2. The first kappa shape index (κ1) is 10.9. The second-order valence-electron chi connectivity index (χ2n) is 3.35. The molecule has 0 aliphatic rings. The molecule has 82 valence electrons. The minimum atomic E-state index is -0.107. The van der Waals surface area contributed by atoms with Gasteiger partial charge in [-0.25, -0.2) is 9.97 Å². The van der Waals surface area contributed by atoms with Crippen LogP contribution in [0.15, 0.2) is 42.9 Å². The van der Waals surface area contributed by atoms with Crippen LogP contribution in [-0.2, 0) is 0 Å². The Morgan fingerprint density at radius 2 is 1.94 bits per heavy atom. The summed E-state index contributed by atoms with van der Waals surface area (Å²) in [6.45, 7) is 1.94. The van der Waals surface area contributed by atoms with Crippen LogP contribution < -0.4 is 4.74 Å². The molecular formula is C12H11ClN2O. The molecule has 1 atom stereocenters. The Bertz CT molecular complexity index is 444. The third kappa shape index (κ3) is 2.70. The number of halogens is 1. The number of hydrogen-bond acceptors (Lipinski definition) is 3. The second kappa shape index (κ2) is 4.94. The van der Waals surface area contributed by atoms with E-state index in [0.717, 1.165) is 11.4 Å². The summed E-state index contributed by atoms with van der Waals surface area (Å²) in [5, 5.41) is 0.696. The van der Waals surface area contributed by atoms with E-state index >= 15 is 0 Å². The van der Waals surface area contributed by atoms with E-state index in [1.165, 1.54) is 6.33 Å². The van der Waals surface area contributed by atoms with E-state index < -0.39 is 0 Å². The Morgan fingerprint density at radius 3 is 2.56 bits per heavy atom. The van der Waals surface area contributed by atoms with Gasteiger partial charge in [0.2, 0.25) is 0 Å². The summed E-state index contributed by atoms with van der Waals surface area (Å²) in [6, 6.07) is 9.09. The van der Waals surface area contributed by atoms with Gasteiger partial charge in [0.25, 0.3) is 0 Å². The van der Waals surface area contributed by atoms with Gasteiger partial charge in [-0.1, -0.05) is 11.6 Å². The lowest BCUT2D eigenvalue weighted by molar-refractivity contribution is 0.221. The lowest BCUT2D eigenvalue weighted by Crippen LogP contribution is -2.05. The van der Waals surface area contributed by atoms with Gasteiger partial charge in [-0.05, 0) is 37.3 Å². The van der Waals surface area contributed by atoms with Gasteiger partial charge in [0.15, 0.2) is 0 Å². The minimum absolute atomic E-state index is 0.107. The molecule has 0 saturated heterocycles. The van der Waals surface area contributed by atoms with Gasteiger partial charge in [0.05, 0.1) is 5.69 Å². The number of hydrogen-bond donors (Lipinski definition) is 0. The Morgan fingerprint density at radius 1 is 1.19 bits per heavy atom. The highest BCUT2D eigenvalue weighted by Gasteiger charge is 2.07. The first-order valence-corrected chi connectivity index (χ1v) is 5.31. The maximum absolute atomic E-state index is 5.79. The molecule has 0 radical (unpaired) electrons. The van der Waals surface area contributed by atoms with Crippen molar-refractivity contribution in [2.45, 2.75) is 13.0 Å². The molecular weight excluding hydrogens is 224 g/mol. The zero-order chi connectivity index (χ0) is 11.4. The highest BCUT2D eigenvalue weighted by Crippen LogP contribution is 2.21. The molecule has 0 N–H and O–H groups in total. The summed E-state index contributed by atoms with van der Waals surface area (Å²) >= 11 is 5.79. The molecule has 0 fully saturated rings. The summed E-state index contributed by atoms with van der Waals surface area (Å²) in [5.74, 6) is 0.774. The van der Waals surface area contributed by atoms with Crippen molar-refractivity contribution in [3.63, 3.8) is 0 Å². The molecule has 2 rings (SSSR count). The van der Waals surface area contributed by atoms with E-state index in [-0.39, 0.29) is 6.10 Å². The van der Waals surface area contributed by atoms with Crippen LogP contribution in [0.25, 0.3) is 0 Å². The zero-order valence-electron chi connectivity index (χ0n) is 8.80. The Hall–Kier alpha value is -1.61. The van der Waals surface area contributed by atoms with E-state index in [0.29, 0.717) is 5.02 Å². The fourth-order valence-corrected chi connectivity index (χ4v) is 1.45. The standard InChI is InChI=1S/C12H11ClN2O/c1-9(12-6-7-14-8-15-12)16-11-4-2-10(13)3-5-11/h2-9H,1H3. The fourth-order valence-electron chi connectivity index (χ4n) is 1.32. The molecule has 3 nitrogen and oxygen atoms in total. The molecule has 4 heteroatoms. The Balaban J connectivity index is 2.08. The normalized spacial score (nSPS) is 12.1. The monoisotopic (exact) mass is 234 g/mol. The molecule has 1 aromatic carbocycles. The van der Waals surface area contributed by atoms with Crippen LogP contribution in [0, 0.1) is 0 Å². The molecule has 1 aromatic heterocycles. The van der Waals surface area contributed by atoms with E-state index in [4.69, 9.17) is 16.3 Å². The highest BCUT2D eigenvalue weighted by atomic mass is 35.5. The van der Waals surface area contributed by atoms with Crippen LogP contribution in [-0.4, -0.2) is 9.97 Å². The van der Waals surface area contributed by atoms with Gasteiger partial charge in [-0.2, -0.15) is 0 Å². The summed E-state index contributed by atoms with van der Waals surface area (Å²) < 4.78 is 5.71. The van der Waals surface area contributed by atoms with Crippen molar-refractivity contribution >= 4 is 11.6 Å². The Kier molecular flexibility index (Phi) is 3.37. The van der Waals surface area contributed by atoms with E-state index in [1.54, 1.807) is 18.3 Å². The first-order chi connectivity index (χ1) is 7.75. The first-order valence-electron chi connectivity index (χ1n) is 4.94. The molecule has 16 heavy (non-hydrogen) atoms. The number of aromatic nitrogens is 2. The average Bonchev–Trinajstić information content (AvgIpc) is 2.33. The van der Waals surface area contributed by atoms with Crippen molar-refractivity contribution in [1.29, 1.82) is 0 Å². The lowest BCUT2D eigenvalue weighted by atomic mass is 10.2. The van der Waals surface area contributed by atoms with Crippen molar-refractivity contribution in [3.8, 4) is 5.75 Å². The lowest BCUT2D eigenvalue weighted by Gasteiger charge is -2.13. The van der Waals surface area contributed by atoms with Gasteiger partial charge < -0.3 is 4.74 Å². The van der Waals surface area contributed by atoms with Gasteiger partial charge in [0, 0.05) is 11.2 Å². The average molecular weight is 235 g/mol. The molecule has 0 bridgehead atoms. The molecule has 1 unspecified atom stereocenters. The fraction of sp³-hybridized carbons (Fsp3) is 0.167. The van der Waals surface area contributed by atoms with Crippen LogP contribution in [0.3, 0.4) is 0 Å². The molecule has 2 aromatic rings. The second-order valence-corrected chi connectivity index (χ2v) is 3.78. The number of rotatable bonds is 3. The predicted octanol–water partition coefficient (Wildman–Crippen LogP) is 3.27. The third-order valence-corrected chi connectivity index (χ3v) is 2.40. The quantitative estimate of drug-likeness (QED) is 0.818. The van der Waals surface area contributed by atoms with Crippen LogP contribution in [0.1, 0.15) is 18.7 Å². The van der Waals surface area contributed by atoms with Crippen molar-refractivity contribution in [2.24, 2.45) is 0 Å². The summed E-state index contributed by atoms with van der Waals surface area (Å²) in [6.07, 6.45) is 3.10. The van der Waals surface area contributed by atoms with Gasteiger partial charge in [-0.3, -0.25) is 0 Å². The largest absolute Gasteiger partial charge is 0.484 e. The Labute approximate surface area is 99.1 Å². The molecule has 0 saturated carbocycles. The molecule has 0 spiro atoms. The molecule has 0 aliphatic heterocycles. The topological polar surface area (TPSA) is 35.0 Å². The van der Waals surface area contributed by atoms with Crippen molar-refractivity contribution in [2.75, 3.05) is 0 Å².